The molecule has 0 aliphatic rings. The van der Waals surface area contributed by atoms with Gasteiger partial charge in [-0.25, -0.2) is 0 Å². The molecule has 0 bridgehead atoms. The number of esters is 1. The monoisotopic (exact) mass is 431 g/mol. The number of carbonyl (C=O) groups excluding carboxylic acids is 1. The van der Waals surface area contributed by atoms with Crippen LogP contribution in [0, 0.1) is 0 Å². The lowest BCUT2D eigenvalue weighted by molar-refractivity contribution is -0.146. The third kappa shape index (κ3) is 4.70. The van der Waals surface area contributed by atoms with E-state index in [0.717, 1.165) is 22.0 Å². The number of nitrogens with one attached hydrogen (secondary N) is 1. The second kappa shape index (κ2) is 9.47. The molecule has 1 heterocycles. The van der Waals surface area contributed by atoms with E-state index >= 15 is 0 Å². The average molecular weight is 431 g/mol. The third-order valence-electron chi connectivity index (χ3n) is 5.27. The maximum absolute atomic E-state index is 11.8. The topological polar surface area (TPSA) is 80.8 Å². The molecule has 4 rings (SSSR count). The van der Waals surface area contributed by atoms with Crippen molar-refractivity contribution in [3.63, 3.8) is 0 Å². The summed E-state index contributed by atoms with van der Waals surface area (Å²) in [5.74, 6) is 0.874. The maximum atomic E-state index is 11.8. The van der Waals surface area contributed by atoms with Crippen molar-refractivity contribution in [2.24, 2.45) is 0 Å². The lowest BCUT2D eigenvalue weighted by Gasteiger charge is -2.20. The Bertz CT molecular complexity index is 1220. The molecule has 0 spiro atoms. The fourth-order valence-electron chi connectivity index (χ4n) is 3.79. The molecule has 3 aromatic carbocycles. The van der Waals surface area contributed by atoms with Gasteiger partial charge in [-0.2, -0.15) is 0 Å². The van der Waals surface area contributed by atoms with E-state index in [0.29, 0.717) is 30.1 Å². The Morgan fingerprint density at radius 3 is 2.56 bits per heavy atom. The van der Waals surface area contributed by atoms with E-state index in [4.69, 9.17) is 14.2 Å². The van der Waals surface area contributed by atoms with Gasteiger partial charge >= 0.3 is 5.97 Å². The molecule has 4 aromatic rings. The van der Waals surface area contributed by atoms with Gasteiger partial charge in [0.15, 0.2) is 11.5 Å². The molecule has 6 nitrogen and oxygen atoms in total. The first-order chi connectivity index (χ1) is 15.5. The number of aromatic hydroxyl groups is 1. The molecule has 2 N–H and O–H groups in total. The minimum Gasteiger partial charge on any atom is -0.508 e. The fraction of sp³-hybridized carbons (Fsp3) is 0.192. The summed E-state index contributed by atoms with van der Waals surface area (Å²) in [7, 11) is 1.59. The zero-order valence-electron chi connectivity index (χ0n) is 18.0. The first kappa shape index (κ1) is 21.3. The molecular formula is C26H25NO5. The van der Waals surface area contributed by atoms with Crippen LogP contribution in [0.15, 0.2) is 72.9 Å². The van der Waals surface area contributed by atoms with E-state index in [1.807, 2.05) is 54.6 Å². The molecule has 6 heteroatoms. The number of phenolic OH excluding ortho intramolecular Hbond substituents is 1. The van der Waals surface area contributed by atoms with Gasteiger partial charge in [0.2, 0.25) is 0 Å². The minimum atomic E-state index is -0.659. The van der Waals surface area contributed by atoms with Crippen LogP contribution in [0.25, 0.3) is 10.9 Å². The summed E-state index contributed by atoms with van der Waals surface area (Å²) in [6.07, 6.45) is 1.50. The quantitative estimate of drug-likeness (QED) is 0.370. The Balaban J connectivity index is 1.60. The Labute approximate surface area is 186 Å². The number of fused-ring (bicyclic) bond motifs is 1. The van der Waals surface area contributed by atoms with Crippen molar-refractivity contribution in [3.05, 3.63) is 89.6 Å². The van der Waals surface area contributed by atoms with Crippen LogP contribution < -0.4 is 9.47 Å². The van der Waals surface area contributed by atoms with Crippen LogP contribution in [-0.2, 0) is 22.6 Å². The number of H-pyrrole nitrogens is 1. The number of methoxy groups -OCH3 is 1. The summed E-state index contributed by atoms with van der Waals surface area (Å²) in [6.45, 7) is 1.79. The number of hydrogen-bond acceptors (Lipinski definition) is 5. The van der Waals surface area contributed by atoms with E-state index in [9.17, 15) is 9.90 Å². The van der Waals surface area contributed by atoms with Crippen LogP contribution in [0.3, 0.4) is 0 Å². The van der Waals surface area contributed by atoms with E-state index in [1.165, 1.54) is 6.92 Å². The van der Waals surface area contributed by atoms with Crippen molar-refractivity contribution in [1.82, 2.24) is 4.98 Å². The van der Waals surface area contributed by atoms with E-state index < -0.39 is 12.1 Å². The molecular weight excluding hydrogens is 406 g/mol. The summed E-state index contributed by atoms with van der Waals surface area (Å²) >= 11 is 0. The summed E-state index contributed by atoms with van der Waals surface area (Å²) in [5.41, 5.74) is 3.37. The highest BCUT2D eigenvalue weighted by Gasteiger charge is 2.23. The van der Waals surface area contributed by atoms with Gasteiger partial charge in [0.05, 0.1) is 7.11 Å². The Morgan fingerprint density at radius 1 is 1.00 bits per heavy atom. The number of carbonyl (C=O) groups is 1. The average Bonchev–Trinajstić information content (AvgIpc) is 3.26. The fourth-order valence-corrected chi connectivity index (χ4v) is 3.79. The highest BCUT2D eigenvalue weighted by molar-refractivity contribution is 5.86. The summed E-state index contributed by atoms with van der Waals surface area (Å²) in [4.78, 5) is 15.0. The molecule has 164 valence electrons. The van der Waals surface area contributed by atoms with Gasteiger partial charge in [-0.15, -0.1) is 0 Å². The van der Waals surface area contributed by atoms with Crippen LogP contribution in [0.4, 0.5) is 0 Å². The number of ether oxygens (including phenoxy) is 3. The van der Waals surface area contributed by atoms with Gasteiger partial charge in [0.25, 0.3) is 0 Å². The van der Waals surface area contributed by atoms with E-state index in [2.05, 4.69) is 4.98 Å². The van der Waals surface area contributed by atoms with Crippen molar-refractivity contribution < 1.29 is 24.1 Å². The van der Waals surface area contributed by atoms with Crippen molar-refractivity contribution in [2.45, 2.75) is 26.1 Å². The normalized spacial score (nSPS) is 11.8. The Hall–Kier alpha value is -3.93. The molecule has 32 heavy (non-hydrogen) atoms. The summed E-state index contributed by atoms with van der Waals surface area (Å²) in [6, 6.07) is 20.8. The van der Waals surface area contributed by atoms with Crippen LogP contribution in [0.2, 0.25) is 0 Å². The summed E-state index contributed by atoms with van der Waals surface area (Å²) < 4.78 is 17.1. The van der Waals surface area contributed by atoms with Crippen LogP contribution in [0.5, 0.6) is 17.2 Å². The lowest BCUT2D eigenvalue weighted by atomic mass is 9.97. The number of aromatic amines is 1. The minimum absolute atomic E-state index is 0.0816. The number of phenols is 1. The predicted molar refractivity (Wildman–Crippen MR) is 122 cm³/mol. The van der Waals surface area contributed by atoms with Crippen molar-refractivity contribution >= 4 is 16.9 Å². The highest BCUT2D eigenvalue weighted by atomic mass is 16.5. The molecule has 0 aliphatic heterocycles. The van der Waals surface area contributed by atoms with Gasteiger partial charge in [0.1, 0.15) is 18.5 Å². The van der Waals surface area contributed by atoms with Crippen molar-refractivity contribution in [3.8, 4) is 17.2 Å². The number of rotatable bonds is 8. The zero-order valence-corrected chi connectivity index (χ0v) is 18.0. The molecule has 0 saturated carbocycles. The van der Waals surface area contributed by atoms with E-state index in [-0.39, 0.29) is 5.75 Å². The van der Waals surface area contributed by atoms with Crippen molar-refractivity contribution in [1.29, 1.82) is 0 Å². The van der Waals surface area contributed by atoms with Gasteiger partial charge < -0.3 is 24.3 Å². The summed E-state index contributed by atoms with van der Waals surface area (Å²) in [5, 5.41) is 11.4. The van der Waals surface area contributed by atoms with Crippen LogP contribution >= 0.6 is 0 Å². The third-order valence-corrected chi connectivity index (χ3v) is 5.27. The molecule has 1 atom stereocenters. The van der Waals surface area contributed by atoms with Gasteiger partial charge in [-0.1, -0.05) is 36.4 Å². The second-order valence-electron chi connectivity index (χ2n) is 7.50. The predicted octanol–water partition coefficient (Wildman–Crippen LogP) is 5.31. The molecule has 0 aliphatic carbocycles. The Kier molecular flexibility index (Phi) is 6.31. The number of hydrogen-bond donors (Lipinski definition) is 2. The van der Waals surface area contributed by atoms with E-state index in [1.54, 1.807) is 25.4 Å². The van der Waals surface area contributed by atoms with Gasteiger partial charge in [0, 0.05) is 36.0 Å². The Morgan fingerprint density at radius 2 is 1.81 bits per heavy atom. The van der Waals surface area contributed by atoms with Crippen molar-refractivity contribution in [2.75, 3.05) is 7.11 Å². The molecule has 0 amide bonds. The highest BCUT2D eigenvalue weighted by Crippen LogP contribution is 2.37. The molecule has 1 unspecified atom stereocenters. The van der Waals surface area contributed by atoms with Crippen LogP contribution in [0.1, 0.15) is 29.7 Å². The molecule has 0 radical (unpaired) electrons. The number of benzene rings is 3. The second-order valence-corrected chi connectivity index (χ2v) is 7.50. The first-order valence-electron chi connectivity index (χ1n) is 10.3. The SMILES string of the molecule is COc1cc(CC(OC(C)=O)c2c(O)ccc3[nH]ccc23)ccc1OCc1ccccc1. The molecule has 0 fully saturated rings. The first-order valence-corrected chi connectivity index (χ1v) is 10.3. The van der Waals surface area contributed by atoms with Gasteiger partial charge in [-0.3, -0.25) is 4.79 Å². The zero-order chi connectivity index (χ0) is 22.5. The molecule has 1 aromatic heterocycles. The van der Waals surface area contributed by atoms with Gasteiger partial charge in [-0.05, 0) is 41.5 Å². The lowest BCUT2D eigenvalue weighted by Crippen LogP contribution is -2.12. The molecule has 0 saturated heterocycles. The maximum Gasteiger partial charge on any atom is 0.303 e. The largest absolute Gasteiger partial charge is 0.508 e. The standard InChI is InChI=1S/C26H25NO5/c1-17(28)32-25(26-20-12-13-27-21(20)9-10-22(26)29)15-19-8-11-23(24(14-19)30-2)31-16-18-6-4-3-5-7-18/h3-14,25,27,29H,15-16H2,1-2H3. The number of aromatic nitrogens is 1. The smallest absolute Gasteiger partial charge is 0.303 e. The van der Waals surface area contributed by atoms with Crippen LogP contribution in [-0.4, -0.2) is 23.2 Å².